The molecular formula is C14H21ClN2O2. The van der Waals surface area contributed by atoms with Crippen LogP contribution in [0.4, 0.5) is 0 Å². The highest BCUT2D eigenvalue weighted by atomic mass is 35.5. The quantitative estimate of drug-likeness (QED) is 0.904. The molecule has 5 heteroatoms. The van der Waals surface area contributed by atoms with Gasteiger partial charge in [-0.25, -0.2) is 0 Å². The smallest absolute Gasteiger partial charge is 0.253 e. The maximum Gasteiger partial charge on any atom is 0.253 e. The molecule has 0 aromatic heterocycles. The number of likely N-dealkylation sites (tertiary alicyclic amines) is 1. The van der Waals surface area contributed by atoms with E-state index in [1.165, 1.54) is 0 Å². The fourth-order valence-corrected chi connectivity index (χ4v) is 2.24. The maximum absolute atomic E-state index is 12.3. The number of piperidine rings is 1. The maximum atomic E-state index is 12.3. The molecule has 19 heavy (non-hydrogen) atoms. The van der Waals surface area contributed by atoms with Gasteiger partial charge in [-0.1, -0.05) is 6.07 Å². The highest BCUT2D eigenvalue weighted by Crippen LogP contribution is 2.21. The normalized spacial score (nSPS) is 15.8. The fourth-order valence-electron chi connectivity index (χ4n) is 2.24. The van der Waals surface area contributed by atoms with Gasteiger partial charge in [0, 0.05) is 24.7 Å². The van der Waals surface area contributed by atoms with Gasteiger partial charge in [0.15, 0.2) is 0 Å². The Balaban J connectivity index is 0.00000180. The lowest BCUT2D eigenvalue weighted by atomic mass is 10.0. The van der Waals surface area contributed by atoms with E-state index < -0.39 is 0 Å². The van der Waals surface area contributed by atoms with Gasteiger partial charge < -0.3 is 15.4 Å². The number of ether oxygens (including phenoxy) is 1. The molecule has 0 unspecified atom stereocenters. The highest BCUT2D eigenvalue weighted by molar-refractivity contribution is 5.94. The monoisotopic (exact) mass is 284 g/mol. The topological polar surface area (TPSA) is 55.6 Å². The van der Waals surface area contributed by atoms with E-state index >= 15 is 0 Å². The summed E-state index contributed by atoms with van der Waals surface area (Å²) in [6, 6.07) is 5.82. The summed E-state index contributed by atoms with van der Waals surface area (Å²) < 4.78 is 5.25. The van der Waals surface area contributed by atoms with Crippen molar-refractivity contribution in [1.82, 2.24) is 4.90 Å². The molecule has 1 saturated heterocycles. The minimum atomic E-state index is 0. The Morgan fingerprint density at radius 1 is 1.37 bits per heavy atom. The summed E-state index contributed by atoms with van der Waals surface area (Å²) in [6.07, 6.45) is 1.77. The van der Waals surface area contributed by atoms with Crippen LogP contribution in [0, 0.1) is 6.92 Å². The molecule has 1 aliphatic rings. The van der Waals surface area contributed by atoms with Crippen LogP contribution < -0.4 is 10.5 Å². The van der Waals surface area contributed by atoms with Crippen LogP contribution in [0.3, 0.4) is 0 Å². The van der Waals surface area contributed by atoms with E-state index in [1.807, 2.05) is 30.0 Å². The predicted molar refractivity (Wildman–Crippen MR) is 78.1 cm³/mol. The second-order valence-electron chi connectivity index (χ2n) is 4.81. The first-order valence-corrected chi connectivity index (χ1v) is 6.31. The van der Waals surface area contributed by atoms with E-state index in [2.05, 4.69) is 0 Å². The second kappa shape index (κ2) is 6.78. The van der Waals surface area contributed by atoms with Crippen molar-refractivity contribution < 1.29 is 9.53 Å². The Kier molecular flexibility index (Phi) is 5.63. The SMILES string of the molecule is COc1cc(C(=O)N2CCC(N)CC2)ccc1C.Cl. The number of nitrogens with two attached hydrogens (primary N) is 1. The summed E-state index contributed by atoms with van der Waals surface area (Å²) in [5.41, 5.74) is 7.57. The zero-order valence-corrected chi connectivity index (χ0v) is 12.2. The van der Waals surface area contributed by atoms with E-state index in [1.54, 1.807) is 7.11 Å². The molecule has 0 atom stereocenters. The Labute approximate surface area is 120 Å². The minimum absolute atomic E-state index is 0. The lowest BCUT2D eigenvalue weighted by molar-refractivity contribution is 0.0714. The van der Waals surface area contributed by atoms with Crippen molar-refractivity contribution in [3.63, 3.8) is 0 Å². The Morgan fingerprint density at radius 2 is 2.00 bits per heavy atom. The predicted octanol–water partition coefficient (Wildman–Crippen LogP) is 1.99. The summed E-state index contributed by atoms with van der Waals surface area (Å²) in [6.45, 7) is 3.46. The van der Waals surface area contributed by atoms with Crippen molar-refractivity contribution >= 4 is 18.3 Å². The molecule has 4 nitrogen and oxygen atoms in total. The van der Waals surface area contributed by atoms with Crippen LogP contribution in [0.1, 0.15) is 28.8 Å². The molecule has 0 aliphatic carbocycles. The molecule has 0 saturated carbocycles. The van der Waals surface area contributed by atoms with Gasteiger partial charge in [0.25, 0.3) is 5.91 Å². The molecule has 1 amide bonds. The van der Waals surface area contributed by atoms with Gasteiger partial charge in [0.1, 0.15) is 5.75 Å². The van der Waals surface area contributed by atoms with Gasteiger partial charge in [-0.15, -0.1) is 12.4 Å². The third kappa shape index (κ3) is 3.61. The van der Waals surface area contributed by atoms with Gasteiger partial charge >= 0.3 is 0 Å². The number of amides is 1. The van der Waals surface area contributed by atoms with Crippen LogP contribution in [0.2, 0.25) is 0 Å². The summed E-state index contributed by atoms with van der Waals surface area (Å²) >= 11 is 0. The van der Waals surface area contributed by atoms with E-state index in [0.29, 0.717) is 5.56 Å². The van der Waals surface area contributed by atoms with Crippen LogP contribution in [-0.4, -0.2) is 37.0 Å². The van der Waals surface area contributed by atoms with Crippen LogP contribution in [0.15, 0.2) is 18.2 Å². The van der Waals surface area contributed by atoms with E-state index in [4.69, 9.17) is 10.5 Å². The molecule has 0 bridgehead atoms. The Hall–Kier alpha value is -1.26. The number of nitrogens with zero attached hydrogens (tertiary/aromatic N) is 1. The molecule has 0 spiro atoms. The molecule has 0 radical (unpaired) electrons. The van der Waals surface area contributed by atoms with Crippen LogP contribution in [0.25, 0.3) is 0 Å². The van der Waals surface area contributed by atoms with Crippen molar-refractivity contribution in [2.75, 3.05) is 20.2 Å². The summed E-state index contributed by atoms with van der Waals surface area (Å²) in [7, 11) is 1.62. The van der Waals surface area contributed by atoms with Crippen LogP contribution in [0.5, 0.6) is 5.75 Å². The lowest BCUT2D eigenvalue weighted by Gasteiger charge is -2.30. The van der Waals surface area contributed by atoms with Gasteiger partial charge in [0.05, 0.1) is 7.11 Å². The highest BCUT2D eigenvalue weighted by Gasteiger charge is 2.22. The lowest BCUT2D eigenvalue weighted by Crippen LogP contribution is -2.42. The van der Waals surface area contributed by atoms with Crippen molar-refractivity contribution in [2.45, 2.75) is 25.8 Å². The summed E-state index contributed by atoms with van der Waals surface area (Å²) in [5.74, 6) is 0.828. The van der Waals surface area contributed by atoms with Gasteiger partial charge in [-0.3, -0.25) is 4.79 Å². The van der Waals surface area contributed by atoms with E-state index in [0.717, 1.165) is 37.2 Å². The minimum Gasteiger partial charge on any atom is -0.496 e. The third-order valence-corrected chi connectivity index (χ3v) is 3.48. The Bertz CT molecular complexity index is 443. The van der Waals surface area contributed by atoms with Crippen molar-refractivity contribution in [2.24, 2.45) is 5.73 Å². The number of hydrogen-bond acceptors (Lipinski definition) is 3. The molecule has 1 heterocycles. The molecule has 1 aliphatic heterocycles. The zero-order chi connectivity index (χ0) is 13.1. The fraction of sp³-hybridized carbons (Fsp3) is 0.500. The van der Waals surface area contributed by atoms with E-state index in [-0.39, 0.29) is 24.4 Å². The summed E-state index contributed by atoms with van der Waals surface area (Å²) in [4.78, 5) is 14.2. The Morgan fingerprint density at radius 3 is 2.58 bits per heavy atom. The largest absolute Gasteiger partial charge is 0.496 e. The molecule has 1 fully saturated rings. The number of aryl methyl sites for hydroxylation is 1. The van der Waals surface area contributed by atoms with Gasteiger partial charge in [0.2, 0.25) is 0 Å². The second-order valence-corrected chi connectivity index (χ2v) is 4.81. The zero-order valence-electron chi connectivity index (χ0n) is 11.4. The molecule has 2 rings (SSSR count). The first-order chi connectivity index (χ1) is 8.61. The molecular weight excluding hydrogens is 264 g/mol. The number of benzene rings is 1. The molecule has 1 aromatic rings. The van der Waals surface area contributed by atoms with Gasteiger partial charge in [-0.05, 0) is 37.5 Å². The average Bonchev–Trinajstić information content (AvgIpc) is 2.39. The molecule has 1 aromatic carbocycles. The number of carbonyl (C=O) groups is 1. The van der Waals surface area contributed by atoms with Crippen molar-refractivity contribution in [1.29, 1.82) is 0 Å². The number of halogens is 1. The third-order valence-electron chi connectivity index (χ3n) is 3.48. The van der Waals surface area contributed by atoms with Crippen molar-refractivity contribution in [3.05, 3.63) is 29.3 Å². The number of carbonyl (C=O) groups excluding carboxylic acids is 1. The number of hydrogen-bond donors (Lipinski definition) is 1. The first-order valence-electron chi connectivity index (χ1n) is 6.31. The standard InChI is InChI=1S/C14H20N2O2.ClH/c1-10-3-4-11(9-13(10)18-2)14(17)16-7-5-12(15)6-8-16;/h3-4,9,12H,5-8,15H2,1-2H3;1H. The first kappa shape index (κ1) is 15.8. The van der Waals surface area contributed by atoms with E-state index in [9.17, 15) is 4.79 Å². The number of methoxy groups -OCH3 is 1. The average molecular weight is 285 g/mol. The van der Waals surface area contributed by atoms with Crippen LogP contribution >= 0.6 is 12.4 Å². The van der Waals surface area contributed by atoms with Crippen molar-refractivity contribution in [3.8, 4) is 5.75 Å². The van der Waals surface area contributed by atoms with Gasteiger partial charge in [-0.2, -0.15) is 0 Å². The van der Waals surface area contributed by atoms with Crippen LogP contribution in [-0.2, 0) is 0 Å². The molecule has 2 N–H and O–H groups in total. The molecule has 106 valence electrons. The summed E-state index contributed by atoms with van der Waals surface area (Å²) in [5, 5.41) is 0. The number of rotatable bonds is 2.